The predicted molar refractivity (Wildman–Crippen MR) is 127 cm³/mol. The Labute approximate surface area is 194 Å². The van der Waals surface area contributed by atoms with Crippen LogP contribution in [0.5, 0.6) is 11.5 Å². The molecule has 0 saturated carbocycles. The maximum Gasteiger partial charge on any atom is 0.511 e. The number of rotatable bonds is 5. The molecule has 4 rings (SSSR count). The second-order valence-corrected chi connectivity index (χ2v) is 7.76. The molecule has 3 N–H and O–H groups in total. The van der Waals surface area contributed by atoms with E-state index in [1.807, 2.05) is 32.0 Å². The Morgan fingerprint density at radius 1 is 0.971 bits per heavy atom. The fourth-order valence-corrected chi connectivity index (χ4v) is 3.45. The van der Waals surface area contributed by atoms with E-state index in [2.05, 4.69) is 20.1 Å². The summed E-state index contributed by atoms with van der Waals surface area (Å²) < 4.78 is 6.01. The molecule has 9 heteroatoms. The summed E-state index contributed by atoms with van der Waals surface area (Å²) in [6.07, 6.45) is -1.41. The molecule has 0 saturated heterocycles. The lowest BCUT2D eigenvalue weighted by Crippen LogP contribution is -2.14. The van der Waals surface area contributed by atoms with Crippen molar-refractivity contribution in [2.75, 3.05) is 0 Å². The maximum atomic E-state index is 13.0. The number of carboxylic acid groups (broad SMARTS) is 1. The Hall–Kier alpha value is -4.66. The highest BCUT2D eigenvalue weighted by atomic mass is 16.7. The van der Waals surface area contributed by atoms with Crippen molar-refractivity contribution < 1.29 is 19.7 Å². The average molecular weight is 458 g/mol. The minimum atomic E-state index is -1.41. The number of aryl methyl sites for hydroxylation is 3. The van der Waals surface area contributed by atoms with E-state index in [1.54, 1.807) is 37.3 Å². The number of nitrogens with one attached hydrogen (secondary N) is 1. The van der Waals surface area contributed by atoms with Crippen LogP contribution >= 0.6 is 0 Å². The lowest BCUT2D eigenvalue weighted by molar-refractivity contribution is 0.144. The lowest BCUT2D eigenvalue weighted by Gasteiger charge is -2.07. The normalized spacial score (nSPS) is 11.1. The molecule has 3 aromatic carbocycles. The zero-order chi connectivity index (χ0) is 24.4. The molecule has 0 radical (unpaired) electrons. The number of ether oxygens (including phenoxy) is 1. The van der Waals surface area contributed by atoms with Crippen LogP contribution in [0.25, 0.3) is 16.8 Å². The van der Waals surface area contributed by atoms with Gasteiger partial charge in [0.1, 0.15) is 11.4 Å². The van der Waals surface area contributed by atoms with Gasteiger partial charge >= 0.3 is 6.16 Å². The van der Waals surface area contributed by atoms with Crippen LogP contribution in [0.3, 0.4) is 0 Å². The van der Waals surface area contributed by atoms with Crippen LogP contribution in [0.4, 0.5) is 16.2 Å². The number of para-hydroxylation sites is 1. The van der Waals surface area contributed by atoms with E-state index in [-0.39, 0.29) is 28.4 Å². The summed E-state index contributed by atoms with van der Waals surface area (Å²) in [6.45, 7) is 5.70. The summed E-state index contributed by atoms with van der Waals surface area (Å²) in [4.78, 5) is 23.6. The molecule has 0 spiro atoms. The van der Waals surface area contributed by atoms with Crippen LogP contribution in [-0.4, -0.2) is 26.1 Å². The quantitative estimate of drug-likeness (QED) is 0.194. The summed E-state index contributed by atoms with van der Waals surface area (Å²) in [6, 6.07) is 16.9. The zero-order valence-electron chi connectivity index (χ0n) is 18.7. The maximum absolute atomic E-state index is 13.0. The highest BCUT2D eigenvalue weighted by Gasteiger charge is 2.14. The molecule has 9 nitrogen and oxygen atoms in total. The molecule has 0 aliphatic heterocycles. The van der Waals surface area contributed by atoms with Crippen molar-refractivity contribution >= 4 is 17.5 Å². The number of carbonyl (C=O) groups is 1. The van der Waals surface area contributed by atoms with E-state index < -0.39 is 6.16 Å². The fourth-order valence-electron chi connectivity index (χ4n) is 3.45. The van der Waals surface area contributed by atoms with Gasteiger partial charge in [0.05, 0.1) is 11.4 Å². The second kappa shape index (κ2) is 9.07. The van der Waals surface area contributed by atoms with E-state index in [4.69, 9.17) is 5.11 Å². The summed E-state index contributed by atoms with van der Waals surface area (Å²) >= 11 is 0. The van der Waals surface area contributed by atoms with Gasteiger partial charge in [-0.1, -0.05) is 30.3 Å². The van der Waals surface area contributed by atoms with Gasteiger partial charge in [-0.25, -0.2) is 9.48 Å². The number of azo groups is 1. The van der Waals surface area contributed by atoms with Gasteiger partial charge in [0.25, 0.3) is 5.56 Å². The molecule has 172 valence electrons. The van der Waals surface area contributed by atoms with Crippen molar-refractivity contribution in [2.45, 2.75) is 20.8 Å². The first-order valence-electron chi connectivity index (χ1n) is 10.4. The van der Waals surface area contributed by atoms with Crippen LogP contribution in [0.15, 0.2) is 75.7 Å². The SMILES string of the molecule is Cc1ccc(-n2[nH]c(C)c(N=Nc3cccc(-c4ccc(OC(=O)O)cc4)c3O)c2=O)cc1C. The molecular formula is C25H22N4O5. The molecule has 1 heterocycles. The van der Waals surface area contributed by atoms with E-state index in [0.29, 0.717) is 22.5 Å². The molecule has 1 aromatic heterocycles. The van der Waals surface area contributed by atoms with Crippen molar-refractivity contribution in [1.82, 2.24) is 9.78 Å². The number of phenolic OH excluding ortho intramolecular Hbond substituents is 1. The van der Waals surface area contributed by atoms with E-state index in [9.17, 15) is 14.7 Å². The Kier molecular flexibility index (Phi) is 6.01. The first-order valence-corrected chi connectivity index (χ1v) is 10.4. The Bertz CT molecular complexity index is 1470. The third kappa shape index (κ3) is 4.44. The monoisotopic (exact) mass is 458 g/mol. The standard InChI is InChI=1S/C25H22N4O5/c1-14-7-10-18(13-15(14)2)29-24(31)22(16(3)28-29)27-26-21-6-4-5-20(23(21)30)17-8-11-19(12-9-17)34-25(32)33/h4-13,28,30H,1-3H3,(H,32,33). The van der Waals surface area contributed by atoms with Crippen LogP contribution < -0.4 is 10.3 Å². The predicted octanol–water partition coefficient (Wildman–Crippen LogP) is 5.94. The highest BCUT2D eigenvalue weighted by Crippen LogP contribution is 2.38. The first-order chi connectivity index (χ1) is 16.2. The van der Waals surface area contributed by atoms with Gasteiger partial charge in [0.2, 0.25) is 0 Å². The topological polar surface area (TPSA) is 129 Å². The second-order valence-electron chi connectivity index (χ2n) is 7.76. The Morgan fingerprint density at radius 3 is 2.38 bits per heavy atom. The number of aromatic amines is 1. The van der Waals surface area contributed by atoms with Crippen molar-refractivity contribution in [3.63, 3.8) is 0 Å². The number of aromatic nitrogens is 2. The molecule has 0 aliphatic carbocycles. The number of hydrogen-bond donors (Lipinski definition) is 3. The summed E-state index contributed by atoms with van der Waals surface area (Å²) in [5, 5.41) is 30.7. The van der Waals surface area contributed by atoms with Crippen LogP contribution in [-0.2, 0) is 0 Å². The average Bonchev–Trinajstić information content (AvgIpc) is 3.08. The third-order valence-corrected chi connectivity index (χ3v) is 5.43. The van der Waals surface area contributed by atoms with Gasteiger partial charge in [0.15, 0.2) is 11.4 Å². The Balaban J connectivity index is 1.65. The smallest absolute Gasteiger partial charge is 0.505 e. The number of nitrogens with zero attached hydrogens (tertiary/aromatic N) is 3. The first kappa shape index (κ1) is 22.5. The van der Waals surface area contributed by atoms with Crippen LogP contribution in [0.1, 0.15) is 16.8 Å². The largest absolute Gasteiger partial charge is 0.511 e. The van der Waals surface area contributed by atoms with Gasteiger partial charge in [0, 0.05) is 5.56 Å². The van der Waals surface area contributed by atoms with Crippen molar-refractivity contribution in [1.29, 1.82) is 0 Å². The minimum Gasteiger partial charge on any atom is -0.505 e. The van der Waals surface area contributed by atoms with E-state index >= 15 is 0 Å². The molecule has 0 unspecified atom stereocenters. The van der Waals surface area contributed by atoms with Crippen LogP contribution in [0.2, 0.25) is 0 Å². The zero-order valence-corrected chi connectivity index (χ0v) is 18.7. The number of H-pyrrole nitrogens is 1. The molecule has 0 atom stereocenters. The highest BCUT2D eigenvalue weighted by molar-refractivity contribution is 5.76. The Morgan fingerprint density at radius 2 is 1.71 bits per heavy atom. The third-order valence-electron chi connectivity index (χ3n) is 5.43. The molecule has 34 heavy (non-hydrogen) atoms. The molecule has 0 amide bonds. The van der Waals surface area contributed by atoms with Crippen molar-refractivity contribution in [3.05, 3.63) is 87.8 Å². The number of benzene rings is 3. The van der Waals surface area contributed by atoms with Crippen LogP contribution in [0, 0.1) is 20.8 Å². The molecule has 0 bridgehead atoms. The number of hydrogen-bond acceptors (Lipinski definition) is 6. The van der Waals surface area contributed by atoms with Gasteiger partial charge < -0.3 is 14.9 Å². The number of aromatic hydroxyl groups is 1. The van der Waals surface area contributed by atoms with Gasteiger partial charge in [-0.05, 0) is 67.8 Å². The summed E-state index contributed by atoms with van der Waals surface area (Å²) in [5.41, 5.74) is 4.48. The van der Waals surface area contributed by atoms with Crippen molar-refractivity contribution in [3.8, 4) is 28.3 Å². The van der Waals surface area contributed by atoms with Gasteiger partial charge in [-0.3, -0.25) is 9.89 Å². The summed E-state index contributed by atoms with van der Waals surface area (Å²) in [7, 11) is 0. The molecule has 4 aromatic rings. The molecule has 0 fully saturated rings. The lowest BCUT2D eigenvalue weighted by atomic mass is 10.0. The molecule has 0 aliphatic rings. The van der Waals surface area contributed by atoms with Gasteiger partial charge in [-0.15, -0.1) is 10.2 Å². The van der Waals surface area contributed by atoms with Crippen molar-refractivity contribution in [2.24, 2.45) is 10.2 Å². The fraction of sp³-hybridized carbons (Fsp3) is 0.120. The van der Waals surface area contributed by atoms with Gasteiger partial charge in [-0.2, -0.15) is 0 Å². The molecular weight excluding hydrogens is 436 g/mol. The number of phenols is 1. The minimum absolute atomic E-state index is 0.124. The van der Waals surface area contributed by atoms with E-state index in [1.165, 1.54) is 16.8 Å². The van der Waals surface area contributed by atoms with E-state index in [0.717, 1.165) is 11.1 Å². The summed E-state index contributed by atoms with van der Waals surface area (Å²) in [5.74, 6) is 0.0374.